The van der Waals surface area contributed by atoms with Crippen LogP contribution in [0, 0.1) is 11.3 Å². The molecule has 0 spiro atoms. The monoisotopic (exact) mass is 309 g/mol. The van der Waals surface area contributed by atoms with E-state index in [1.165, 1.54) is 16.8 Å². The molecule has 1 saturated heterocycles. The SMILES string of the molecule is N#Cc1cccc(-c2ccc(C3c4ccccc4N4CN34)cc2)c1. The average molecular weight is 309 g/mol. The van der Waals surface area contributed by atoms with Crippen LogP contribution in [0.5, 0.6) is 0 Å². The summed E-state index contributed by atoms with van der Waals surface area (Å²) in [7, 11) is 0. The summed E-state index contributed by atoms with van der Waals surface area (Å²) < 4.78 is 0. The summed E-state index contributed by atoms with van der Waals surface area (Å²) in [5.41, 5.74) is 6.94. The third-order valence-electron chi connectivity index (χ3n) is 4.86. The van der Waals surface area contributed by atoms with E-state index in [9.17, 15) is 0 Å². The van der Waals surface area contributed by atoms with Gasteiger partial charge in [-0.3, -0.25) is 5.01 Å². The molecule has 0 radical (unpaired) electrons. The lowest BCUT2D eigenvalue weighted by atomic mass is 9.95. The zero-order valence-electron chi connectivity index (χ0n) is 13.1. The molecule has 0 aromatic heterocycles. The van der Waals surface area contributed by atoms with Crippen LogP contribution in [0.25, 0.3) is 11.1 Å². The van der Waals surface area contributed by atoms with Gasteiger partial charge < -0.3 is 0 Å². The molecular formula is C21H15N3. The lowest BCUT2D eigenvalue weighted by molar-refractivity contribution is 0.485. The van der Waals surface area contributed by atoms with Crippen molar-refractivity contribution >= 4 is 5.69 Å². The molecule has 3 aromatic rings. The van der Waals surface area contributed by atoms with Crippen molar-refractivity contribution in [1.82, 2.24) is 5.01 Å². The minimum Gasteiger partial charge on any atom is -0.287 e. The molecule has 24 heavy (non-hydrogen) atoms. The number of hydrogen-bond acceptors (Lipinski definition) is 3. The predicted molar refractivity (Wildman–Crippen MR) is 94.1 cm³/mol. The second kappa shape index (κ2) is 4.95. The van der Waals surface area contributed by atoms with Crippen LogP contribution in [-0.2, 0) is 0 Å². The van der Waals surface area contributed by atoms with Gasteiger partial charge in [0, 0.05) is 5.56 Å². The number of fused-ring (bicyclic) bond motifs is 3. The lowest BCUT2D eigenvalue weighted by Crippen LogP contribution is -2.08. The fourth-order valence-corrected chi connectivity index (χ4v) is 3.64. The standard InChI is InChI=1S/C21H15N3/c22-13-15-4-3-5-18(12-15)16-8-10-17(11-9-16)21-19-6-1-2-7-20(19)23-14-24(21)23/h1-12,21H,14H2. The molecule has 2 aliphatic rings. The Bertz CT molecular complexity index is 969. The first-order chi connectivity index (χ1) is 11.8. The summed E-state index contributed by atoms with van der Waals surface area (Å²) >= 11 is 0. The second-order valence-electron chi connectivity index (χ2n) is 6.26. The molecule has 0 aliphatic carbocycles. The normalized spacial score (nSPS) is 20.2. The van der Waals surface area contributed by atoms with Crippen LogP contribution in [0.4, 0.5) is 5.69 Å². The average Bonchev–Trinajstić information content (AvgIpc) is 3.37. The van der Waals surface area contributed by atoms with Gasteiger partial charge in [0.1, 0.15) is 6.67 Å². The summed E-state index contributed by atoms with van der Waals surface area (Å²) in [6.45, 7) is 1.01. The Hall–Kier alpha value is -3.09. The molecule has 2 heterocycles. The quantitative estimate of drug-likeness (QED) is 0.660. The smallest absolute Gasteiger partial charge is 0.106 e. The maximum Gasteiger partial charge on any atom is 0.106 e. The third-order valence-corrected chi connectivity index (χ3v) is 4.86. The Morgan fingerprint density at radius 3 is 2.54 bits per heavy atom. The largest absolute Gasteiger partial charge is 0.287 e. The highest BCUT2D eigenvalue weighted by Gasteiger charge is 2.47. The highest BCUT2D eigenvalue weighted by molar-refractivity contribution is 5.68. The number of anilines is 1. The van der Waals surface area contributed by atoms with E-state index in [4.69, 9.17) is 5.26 Å². The summed E-state index contributed by atoms with van der Waals surface area (Å²) in [6, 6.07) is 27.6. The molecule has 2 atom stereocenters. The first-order valence-electron chi connectivity index (χ1n) is 8.09. The van der Waals surface area contributed by atoms with Crippen molar-refractivity contribution in [2.75, 3.05) is 11.7 Å². The topological polar surface area (TPSA) is 29.8 Å². The molecule has 0 saturated carbocycles. The molecule has 3 heteroatoms. The van der Waals surface area contributed by atoms with Gasteiger partial charge in [-0.2, -0.15) is 10.3 Å². The Kier molecular flexibility index (Phi) is 2.76. The second-order valence-corrected chi connectivity index (χ2v) is 6.26. The lowest BCUT2D eigenvalue weighted by Gasteiger charge is -2.14. The first kappa shape index (κ1) is 13.4. The van der Waals surface area contributed by atoms with Gasteiger partial charge in [0.25, 0.3) is 0 Å². The number of nitriles is 1. The van der Waals surface area contributed by atoms with Gasteiger partial charge in [-0.1, -0.05) is 54.6 Å². The van der Waals surface area contributed by atoms with Crippen LogP contribution >= 0.6 is 0 Å². The van der Waals surface area contributed by atoms with Crippen LogP contribution in [0.15, 0.2) is 72.8 Å². The fourth-order valence-electron chi connectivity index (χ4n) is 3.64. The van der Waals surface area contributed by atoms with Crippen molar-refractivity contribution in [3.8, 4) is 17.2 Å². The summed E-state index contributed by atoms with van der Waals surface area (Å²) in [4.78, 5) is 0. The fraction of sp³-hybridized carbons (Fsp3) is 0.0952. The van der Waals surface area contributed by atoms with E-state index in [1.54, 1.807) is 0 Å². The molecule has 0 amide bonds. The van der Waals surface area contributed by atoms with Crippen molar-refractivity contribution in [3.63, 3.8) is 0 Å². The van der Waals surface area contributed by atoms with Crippen molar-refractivity contribution in [2.24, 2.45) is 0 Å². The van der Waals surface area contributed by atoms with E-state index in [0.29, 0.717) is 11.6 Å². The van der Waals surface area contributed by atoms with E-state index < -0.39 is 0 Å². The highest BCUT2D eigenvalue weighted by Crippen LogP contribution is 2.50. The van der Waals surface area contributed by atoms with E-state index in [2.05, 4.69) is 64.6 Å². The van der Waals surface area contributed by atoms with Gasteiger partial charge in [-0.05, 0) is 34.9 Å². The van der Waals surface area contributed by atoms with Crippen LogP contribution in [0.2, 0.25) is 0 Å². The molecule has 2 aliphatic heterocycles. The van der Waals surface area contributed by atoms with E-state index in [1.807, 2.05) is 24.3 Å². The molecular weight excluding hydrogens is 294 g/mol. The van der Waals surface area contributed by atoms with E-state index >= 15 is 0 Å². The van der Waals surface area contributed by atoms with Crippen LogP contribution in [0.1, 0.15) is 22.7 Å². The Balaban J connectivity index is 1.51. The third kappa shape index (κ3) is 1.94. The summed E-state index contributed by atoms with van der Waals surface area (Å²) in [6.07, 6.45) is 0. The number of benzene rings is 3. The molecule has 3 nitrogen and oxygen atoms in total. The van der Waals surface area contributed by atoms with Gasteiger partial charge in [-0.15, -0.1) is 0 Å². The minimum absolute atomic E-state index is 0.320. The van der Waals surface area contributed by atoms with Gasteiger partial charge >= 0.3 is 0 Å². The number of para-hydroxylation sites is 1. The number of nitrogens with zero attached hydrogens (tertiary/aromatic N) is 3. The molecule has 1 fully saturated rings. The molecule has 3 aromatic carbocycles. The molecule has 2 unspecified atom stereocenters. The number of rotatable bonds is 2. The van der Waals surface area contributed by atoms with Gasteiger partial charge in [0.15, 0.2) is 0 Å². The highest BCUT2D eigenvalue weighted by atomic mass is 15.8. The molecule has 0 bridgehead atoms. The zero-order valence-corrected chi connectivity index (χ0v) is 13.1. The Labute approximate surface area is 141 Å². The maximum absolute atomic E-state index is 9.06. The molecule has 0 N–H and O–H groups in total. The van der Waals surface area contributed by atoms with E-state index in [0.717, 1.165) is 17.8 Å². The van der Waals surface area contributed by atoms with Crippen molar-refractivity contribution in [3.05, 3.63) is 89.5 Å². The predicted octanol–water partition coefficient (Wildman–Crippen LogP) is 4.32. The summed E-state index contributed by atoms with van der Waals surface area (Å²) in [5, 5.41) is 13.8. The Morgan fingerprint density at radius 2 is 1.71 bits per heavy atom. The van der Waals surface area contributed by atoms with Crippen molar-refractivity contribution < 1.29 is 0 Å². The van der Waals surface area contributed by atoms with Crippen molar-refractivity contribution in [2.45, 2.75) is 6.04 Å². The summed E-state index contributed by atoms with van der Waals surface area (Å²) in [5.74, 6) is 0. The van der Waals surface area contributed by atoms with Crippen LogP contribution < -0.4 is 5.01 Å². The Morgan fingerprint density at radius 1 is 0.875 bits per heavy atom. The zero-order chi connectivity index (χ0) is 16.1. The van der Waals surface area contributed by atoms with Gasteiger partial charge in [-0.25, -0.2) is 0 Å². The van der Waals surface area contributed by atoms with Crippen LogP contribution in [0.3, 0.4) is 0 Å². The molecule has 114 valence electrons. The van der Waals surface area contributed by atoms with E-state index in [-0.39, 0.29) is 0 Å². The minimum atomic E-state index is 0.320. The van der Waals surface area contributed by atoms with Gasteiger partial charge in [0.05, 0.1) is 23.4 Å². The maximum atomic E-state index is 9.06. The first-order valence-corrected chi connectivity index (χ1v) is 8.09. The van der Waals surface area contributed by atoms with Crippen LogP contribution in [-0.4, -0.2) is 11.7 Å². The molecule has 5 rings (SSSR count). The number of hydrazine groups is 1. The van der Waals surface area contributed by atoms with Gasteiger partial charge in [0.2, 0.25) is 0 Å². The number of hydrogen-bond donors (Lipinski definition) is 0. The van der Waals surface area contributed by atoms with Crippen molar-refractivity contribution in [1.29, 1.82) is 5.26 Å².